The van der Waals surface area contributed by atoms with E-state index in [-0.39, 0.29) is 0 Å². The summed E-state index contributed by atoms with van der Waals surface area (Å²) in [6, 6.07) is 14.2. The SMILES string of the molecule is COc1ccc(NC(=S)N(Cc2ccccc2OC)C2CCCC2)c(OC)c1. The van der Waals surface area contributed by atoms with Crippen molar-refractivity contribution in [2.75, 3.05) is 26.6 Å². The second kappa shape index (κ2) is 9.64. The van der Waals surface area contributed by atoms with Crippen molar-refractivity contribution in [1.82, 2.24) is 4.90 Å². The zero-order valence-electron chi connectivity index (χ0n) is 16.7. The Kier molecular flexibility index (Phi) is 6.98. The lowest BCUT2D eigenvalue weighted by atomic mass is 10.1. The monoisotopic (exact) mass is 400 g/mol. The average Bonchev–Trinajstić information content (AvgIpc) is 3.26. The molecular formula is C22H28N2O3S. The molecule has 2 aromatic rings. The lowest BCUT2D eigenvalue weighted by Crippen LogP contribution is -2.41. The number of para-hydroxylation sites is 1. The van der Waals surface area contributed by atoms with Gasteiger partial charge in [0.2, 0.25) is 0 Å². The van der Waals surface area contributed by atoms with Gasteiger partial charge in [-0.1, -0.05) is 31.0 Å². The molecule has 1 aliphatic carbocycles. The van der Waals surface area contributed by atoms with E-state index in [9.17, 15) is 0 Å². The molecule has 1 aliphatic rings. The summed E-state index contributed by atoms with van der Waals surface area (Å²) in [6.07, 6.45) is 4.77. The van der Waals surface area contributed by atoms with E-state index in [1.807, 2.05) is 36.4 Å². The predicted molar refractivity (Wildman–Crippen MR) is 117 cm³/mol. The van der Waals surface area contributed by atoms with Gasteiger partial charge < -0.3 is 24.4 Å². The van der Waals surface area contributed by atoms with E-state index in [1.54, 1.807) is 21.3 Å². The number of methoxy groups -OCH3 is 3. The number of rotatable bonds is 7. The van der Waals surface area contributed by atoms with E-state index in [4.69, 9.17) is 26.4 Å². The number of benzene rings is 2. The van der Waals surface area contributed by atoms with Crippen LogP contribution >= 0.6 is 12.2 Å². The van der Waals surface area contributed by atoms with Crippen molar-refractivity contribution in [2.24, 2.45) is 0 Å². The molecule has 0 aromatic heterocycles. The summed E-state index contributed by atoms with van der Waals surface area (Å²) in [5, 5.41) is 4.08. The Morgan fingerprint density at radius 1 is 1.00 bits per heavy atom. The molecule has 1 fully saturated rings. The third-order valence-electron chi connectivity index (χ3n) is 5.21. The van der Waals surface area contributed by atoms with Gasteiger partial charge in [-0.15, -0.1) is 0 Å². The van der Waals surface area contributed by atoms with Gasteiger partial charge in [0.25, 0.3) is 0 Å². The third-order valence-corrected chi connectivity index (χ3v) is 5.55. The van der Waals surface area contributed by atoms with Crippen molar-refractivity contribution >= 4 is 23.0 Å². The molecule has 2 aromatic carbocycles. The summed E-state index contributed by atoms with van der Waals surface area (Å²) in [6.45, 7) is 0.707. The molecule has 0 bridgehead atoms. The summed E-state index contributed by atoms with van der Waals surface area (Å²) < 4.78 is 16.3. The van der Waals surface area contributed by atoms with Crippen LogP contribution in [0, 0.1) is 0 Å². The second-order valence-corrected chi connectivity index (χ2v) is 7.26. The van der Waals surface area contributed by atoms with Gasteiger partial charge in [-0.25, -0.2) is 0 Å². The molecule has 0 saturated heterocycles. The highest BCUT2D eigenvalue weighted by Crippen LogP contribution is 2.32. The molecule has 3 rings (SSSR count). The third kappa shape index (κ3) is 4.68. The van der Waals surface area contributed by atoms with Crippen LogP contribution < -0.4 is 19.5 Å². The molecule has 0 atom stereocenters. The average molecular weight is 401 g/mol. The van der Waals surface area contributed by atoms with Gasteiger partial charge in [-0.05, 0) is 43.3 Å². The predicted octanol–water partition coefficient (Wildman–Crippen LogP) is 4.85. The molecule has 5 nitrogen and oxygen atoms in total. The van der Waals surface area contributed by atoms with Gasteiger partial charge in [0.1, 0.15) is 17.2 Å². The molecule has 1 saturated carbocycles. The fourth-order valence-electron chi connectivity index (χ4n) is 3.69. The topological polar surface area (TPSA) is 43.0 Å². The molecule has 150 valence electrons. The molecule has 0 spiro atoms. The molecule has 0 radical (unpaired) electrons. The summed E-state index contributed by atoms with van der Waals surface area (Å²) in [5.74, 6) is 2.33. The van der Waals surface area contributed by atoms with Crippen molar-refractivity contribution in [3.8, 4) is 17.2 Å². The summed E-state index contributed by atoms with van der Waals surface area (Å²) in [5.41, 5.74) is 1.96. The highest BCUT2D eigenvalue weighted by atomic mass is 32.1. The fourth-order valence-corrected chi connectivity index (χ4v) is 4.01. The number of nitrogens with one attached hydrogen (secondary N) is 1. The minimum atomic E-state index is 0.425. The molecular weight excluding hydrogens is 372 g/mol. The van der Waals surface area contributed by atoms with Crippen molar-refractivity contribution in [2.45, 2.75) is 38.3 Å². The Morgan fingerprint density at radius 3 is 2.39 bits per heavy atom. The van der Waals surface area contributed by atoms with Gasteiger partial charge in [0.05, 0.1) is 27.0 Å². The van der Waals surface area contributed by atoms with Gasteiger partial charge in [-0.3, -0.25) is 0 Å². The van der Waals surface area contributed by atoms with Crippen LogP contribution in [0.3, 0.4) is 0 Å². The number of hydrogen-bond donors (Lipinski definition) is 1. The highest BCUT2D eigenvalue weighted by Gasteiger charge is 2.26. The minimum Gasteiger partial charge on any atom is -0.497 e. The first kappa shape index (κ1) is 20.3. The molecule has 0 amide bonds. The Morgan fingerprint density at radius 2 is 1.71 bits per heavy atom. The van der Waals surface area contributed by atoms with Crippen molar-refractivity contribution in [3.63, 3.8) is 0 Å². The maximum absolute atomic E-state index is 5.83. The smallest absolute Gasteiger partial charge is 0.174 e. The van der Waals surface area contributed by atoms with Gasteiger partial charge in [-0.2, -0.15) is 0 Å². The maximum Gasteiger partial charge on any atom is 0.174 e. The molecule has 1 N–H and O–H groups in total. The lowest BCUT2D eigenvalue weighted by Gasteiger charge is -2.32. The number of nitrogens with zero attached hydrogens (tertiary/aromatic N) is 1. The number of ether oxygens (including phenoxy) is 3. The van der Waals surface area contributed by atoms with Crippen molar-refractivity contribution in [1.29, 1.82) is 0 Å². The van der Waals surface area contributed by atoms with Crippen LogP contribution in [0.5, 0.6) is 17.2 Å². The van der Waals surface area contributed by atoms with Crippen LogP contribution in [0.15, 0.2) is 42.5 Å². The first-order valence-electron chi connectivity index (χ1n) is 9.57. The van der Waals surface area contributed by atoms with Crippen molar-refractivity contribution < 1.29 is 14.2 Å². The zero-order valence-corrected chi connectivity index (χ0v) is 17.6. The Balaban J connectivity index is 1.83. The molecule has 6 heteroatoms. The van der Waals surface area contributed by atoms with Gasteiger partial charge in [0, 0.05) is 24.2 Å². The first-order chi connectivity index (χ1) is 13.7. The van der Waals surface area contributed by atoms with E-state index in [2.05, 4.69) is 16.3 Å². The fraction of sp³-hybridized carbons (Fsp3) is 0.409. The molecule has 28 heavy (non-hydrogen) atoms. The van der Waals surface area contributed by atoms with Crippen LogP contribution in [-0.4, -0.2) is 37.4 Å². The zero-order chi connectivity index (χ0) is 19.9. The lowest BCUT2D eigenvalue weighted by molar-refractivity contribution is 0.305. The van der Waals surface area contributed by atoms with E-state index in [1.165, 1.54) is 12.8 Å². The van der Waals surface area contributed by atoms with Crippen LogP contribution in [0.25, 0.3) is 0 Å². The highest BCUT2D eigenvalue weighted by molar-refractivity contribution is 7.80. The quantitative estimate of drug-likeness (QED) is 0.670. The maximum atomic E-state index is 5.83. The second-order valence-electron chi connectivity index (χ2n) is 6.87. The van der Waals surface area contributed by atoms with Crippen LogP contribution in [-0.2, 0) is 6.54 Å². The Hall–Kier alpha value is -2.47. The standard InChI is InChI=1S/C22H28N2O3S/c1-25-18-12-13-19(21(14-18)27-3)23-22(28)24(17-9-5-6-10-17)15-16-8-4-7-11-20(16)26-2/h4,7-8,11-14,17H,5-6,9-10,15H2,1-3H3,(H,23,28). The number of hydrogen-bond acceptors (Lipinski definition) is 4. The summed E-state index contributed by atoms with van der Waals surface area (Å²) in [4.78, 5) is 2.28. The van der Waals surface area contributed by atoms with Crippen LogP contribution in [0.2, 0.25) is 0 Å². The largest absolute Gasteiger partial charge is 0.497 e. The minimum absolute atomic E-state index is 0.425. The van der Waals surface area contributed by atoms with E-state index < -0.39 is 0 Å². The van der Waals surface area contributed by atoms with Crippen LogP contribution in [0.4, 0.5) is 5.69 Å². The first-order valence-corrected chi connectivity index (χ1v) is 9.98. The normalized spacial score (nSPS) is 13.8. The Labute approximate surface area is 172 Å². The summed E-state index contributed by atoms with van der Waals surface area (Å²) in [7, 11) is 4.99. The summed E-state index contributed by atoms with van der Waals surface area (Å²) >= 11 is 5.83. The van der Waals surface area contributed by atoms with Crippen molar-refractivity contribution in [3.05, 3.63) is 48.0 Å². The molecule has 0 unspecified atom stereocenters. The number of anilines is 1. The molecule has 0 aliphatic heterocycles. The van der Waals surface area contributed by atoms with E-state index in [0.717, 1.165) is 35.6 Å². The Bertz CT molecular complexity index is 806. The van der Waals surface area contributed by atoms with Gasteiger partial charge >= 0.3 is 0 Å². The van der Waals surface area contributed by atoms with Crippen LogP contribution in [0.1, 0.15) is 31.2 Å². The van der Waals surface area contributed by atoms with E-state index in [0.29, 0.717) is 23.4 Å². The van der Waals surface area contributed by atoms with E-state index >= 15 is 0 Å². The van der Waals surface area contributed by atoms with Gasteiger partial charge in [0.15, 0.2) is 5.11 Å². The number of thiocarbonyl (C=S) groups is 1. The molecule has 0 heterocycles.